The Kier molecular flexibility index (Phi) is 6.43. The van der Waals surface area contributed by atoms with Gasteiger partial charge in [-0.05, 0) is 48.0 Å². The highest BCUT2D eigenvalue weighted by atomic mass is 79.9. The standard InChI is InChI=1S/C20H18BrN3O3S/c21-17-5-4-6-18(13-17)24(28(26,27)19-7-2-1-3-8-19)15-20(25)23-14-16-9-11-22-12-10-16/h1-13H,14-15H2,(H,23,25). The minimum atomic E-state index is -3.91. The van der Waals surface area contributed by atoms with Gasteiger partial charge in [0.2, 0.25) is 5.91 Å². The van der Waals surface area contributed by atoms with Crippen LogP contribution in [-0.4, -0.2) is 25.9 Å². The van der Waals surface area contributed by atoms with Gasteiger partial charge in [0.25, 0.3) is 10.0 Å². The predicted molar refractivity (Wildman–Crippen MR) is 111 cm³/mol. The molecule has 0 saturated carbocycles. The zero-order valence-electron chi connectivity index (χ0n) is 14.8. The lowest BCUT2D eigenvalue weighted by atomic mass is 10.3. The molecule has 8 heteroatoms. The van der Waals surface area contributed by atoms with Gasteiger partial charge < -0.3 is 5.32 Å². The summed E-state index contributed by atoms with van der Waals surface area (Å²) in [5, 5.41) is 2.75. The van der Waals surface area contributed by atoms with Crippen molar-refractivity contribution in [1.29, 1.82) is 0 Å². The molecule has 0 atom stereocenters. The molecule has 1 heterocycles. The number of aromatic nitrogens is 1. The van der Waals surface area contributed by atoms with E-state index in [1.54, 1.807) is 67.0 Å². The molecule has 144 valence electrons. The second-order valence-electron chi connectivity index (χ2n) is 5.94. The SMILES string of the molecule is O=C(CN(c1cccc(Br)c1)S(=O)(=O)c1ccccc1)NCc1ccncc1. The Morgan fingerprint density at radius 2 is 1.71 bits per heavy atom. The summed E-state index contributed by atoms with van der Waals surface area (Å²) in [6.45, 7) is -0.0438. The van der Waals surface area contributed by atoms with Crippen molar-refractivity contribution in [2.24, 2.45) is 0 Å². The van der Waals surface area contributed by atoms with Gasteiger partial charge in [0.15, 0.2) is 0 Å². The lowest BCUT2D eigenvalue weighted by Crippen LogP contribution is -2.40. The van der Waals surface area contributed by atoms with Crippen molar-refractivity contribution in [1.82, 2.24) is 10.3 Å². The van der Waals surface area contributed by atoms with Crippen LogP contribution in [0.4, 0.5) is 5.69 Å². The van der Waals surface area contributed by atoms with Gasteiger partial charge in [-0.3, -0.25) is 14.1 Å². The summed E-state index contributed by atoms with van der Waals surface area (Å²) in [5.74, 6) is -0.406. The van der Waals surface area contributed by atoms with E-state index in [1.165, 1.54) is 12.1 Å². The Balaban J connectivity index is 1.85. The lowest BCUT2D eigenvalue weighted by molar-refractivity contribution is -0.119. The summed E-state index contributed by atoms with van der Waals surface area (Å²) >= 11 is 3.35. The minimum Gasteiger partial charge on any atom is -0.350 e. The van der Waals surface area contributed by atoms with Crippen molar-refractivity contribution in [2.45, 2.75) is 11.4 Å². The molecule has 0 aliphatic carbocycles. The highest BCUT2D eigenvalue weighted by Gasteiger charge is 2.27. The lowest BCUT2D eigenvalue weighted by Gasteiger charge is -2.24. The Bertz CT molecular complexity index is 1040. The second kappa shape index (κ2) is 8.99. The number of carbonyl (C=O) groups is 1. The molecule has 0 bridgehead atoms. The maximum absolute atomic E-state index is 13.2. The third-order valence-electron chi connectivity index (χ3n) is 3.95. The average molecular weight is 460 g/mol. The first kappa shape index (κ1) is 20.0. The number of hydrogen-bond acceptors (Lipinski definition) is 4. The number of hydrogen-bond donors (Lipinski definition) is 1. The summed E-state index contributed by atoms with van der Waals surface area (Å²) in [6.07, 6.45) is 3.27. The molecule has 0 aliphatic rings. The van der Waals surface area contributed by atoms with E-state index in [0.717, 1.165) is 14.3 Å². The van der Waals surface area contributed by atoms with Crippen LogP contribution in [0.15, 0.2) is 88.5 Å². The first-order valence-corrected chi connectivity index (χ1v) is 10.7. The fourth-order valence-corrected chi connectivity index (χ4v) is 4.37. The van der Waals surface area contributed by atoms with E-state index in [0.29, 0.717) is 12.2 Å². The molecule has 3 rings (SSSR count). The van der Waals surface area contributed by atoms with E-state index < -0.39 is 15.9 Å². The number of nitrogens with one attached hydrogen (secondary N) is 1. The monoisotopic (exact) mass is 459 g/mol. The Morgan fingerprint density at radius 3 is 2.39 bits per heavy atom. The Hall–Kier alpha value is -2.71. The Morgan fingerprint density at radius 1 is 1.00 bits per heavy atom. The maximum atomic E-state index is 13.2. The molecule has 1 aromatic heterocycles. The molecule has 0 unspecified atom stereocenters. The summed E-state index contributed by atoms with van der Waals surface area (Å²) in [7, 11) is -3.91. The molecule has 1 amide bonds. The third-order valence-corrected chi connectivity index (χ3v) is 6.23. The topological polar surface area (TPSA) is 79.4 Å². The van der Waals surface area contributed by atoms with E-state index in [4.69, 9.17) is 0 Å². The van der Waals surface area contributed by atoms with Crippen LogP contribution in [0.1, 0.15) is 5.56 Å². The quantitative estimate of drug-likeness (QED) is 0.587. The zero-order valence-corrected chi connectivity index (χ0v) is 17.2. The van der Waals surface area contributed by atoms with Gasteiger partial charge in [-0.25, -0.2) is 8.42 Å². The van der Waals surface area contributed by atoms with Crippen LogP contribution in [0.3, 0.4) is 0 Å². The zero-order chi connectivity index (χ0) is 20.0. The fraction of sp³-hybridized carbons (Fsp3) is 0.100. The number of halogens is 1. The molecule has 0 fully saturated rings. The summed E-state index contributed by atoms with van der Waals surface area (Å²) in [5.41, 5.74) is 1.28. The first-order valence-electron chi connectivity index (χ1n) is 8.46. The van der Waals surface area contributed by atoms with Gasteiger partial charge in [0.1, 0.15) is 6.54 Å². The van der Waals surface area contributed by atoms with E-state index in [9.17, 15) is 13.2 Å². The van der Waals surface area contributed by atoms with E-state index >= 15 is 0 Å². The van der Waals surface area contributed by atoms with Gasteiger partial charge in [-0.2, -0.15) is 0 Å². The third kappa shape index (κ3) is 4.96. The smallest absolute Gasteiger partial charge is 0.264 e. The molecule has 0 spiro atoms. The molecular weight excluding hydrogens is 442 g/mol. The van der Waals surface area contributed by atoms with Crippen LogP contribution in [-0.2, 0) is 21.4 Å². The predicted octanol–water partition coefficient (Wildman–Crippen LogP) is 3.36. The number of anilines is 1. The largest absolute Gasteiger partial charge is 0.350 e. The van der Waals surface area contributed by atoms with Crippen molar-refractivity contribution in [2.75, 3.05) is 10.8 Å². The number of nitrogens with zero attached hydrogens (tertiary/aromatic N) is 2. The van der Waals surface area contributed by atoms with Crippen LogP contribution >= 0.6 is 15.9 Å². The van der Waals surface area contributed by atoms with Crippen LogP contribution < -0.4 is 9.62 Å². The summed E-state index contributed by atoms with van der Waals surface area (Å²) in [4.78, 5) is 16.6. The fourth-order valence-electron chi connectivity index (χ4n) is 2.55. The molecular formula is C20H18BrN3O3S. The first-order chi connectivity index (χ1) is 13.5. The van der Waals surface area contributed by atoms with Crippen LogP contribution in [0.2, 0.25) is 0 Å². The Labute approximate surface area is 172 Å². The maximum Gasteiger partial charge on any atom is 0.264 e. The van der Waals surface area contributed by atoms with Crippen LogP contribution in [0.5, 0.6) is 0 Å². The molecule has 0 saturated heterocycles. The van der Waals surface area contributed by atoms with E-state index in [1.807, 2.05) is 0 Å². The molecule has 0 aliphatic heterocycles. The highest BCUT2D eigenvalue weighted by molar-refractivity contribution is 9.10. The van der Waals surface area contributed by atoms with Gasteiger partial charge in [0.05, 0.1) is 10.6 Å². The summed E-state index contributed by atoms with van der Waals surface area (Å²) < 4.78 is 28.2. The molecule has 2 aromatic carbocycles. The second-order valence-corrected chi connectivity index (χ2v) is 8.71. The number of carbonyl (C=O) groups excluding carboxylic acids is 1. The number of pyridine rings is 1. The minimum absolute atomic E-state index is 0.122. The van der Waals surface area contributed by atoms with Gasteiger partial charge in [0, 0.05) is 23.4 Å². The van der Waals surface area contributed by atoms with E-state index in [2.05, 4.69) is 26.2 Å². The van der Waals surface area contributed by atoms with Gasteiger partial charge in [-0.1, -0.05) is 40.2 Å². The van der Waals surface area contributed by atoms with Gasteiger partial charge >= 0.3 is 0 Å². The highest BCUT2D eigenvalue weighted by Crippen LogP contribution is 2.26. The normalized spacial score (nSPS) is 11.0. The average Bonchev–Trinajstić information content (AvgIpc) is 2.72. The van der Waals surface area contributed by atoms with Crippen molar-refractivity contribution in [3.8, 4) is 0 Å². The van der Waals surface area contributed by atoms with Crippen molar-refractivity contribution in [3.05, 3.63) is 89.2 Å². The van der Waals surface area contributed by atoms with Crippen molar-refractivity contribution in [3.63, 3.8) is 0 Å². The molecule has 3 aromatic rings. The molecule has 28 heavy (non-hydrogen) atoms. The molecule has 1 N–H and O–H groups in total. The van der Waals surface area contributed by atoms with Crippen molar-refractivity contribution >= 4 is 37.5 Å². The summed E-state index contributed by atoms with van der Waals surface area (Å²) in [6, 6.07) is 18.5. The number of rotatable bonds is 7. The number of benzene rings is 2. The number of amides is 1. The van der Waals surface area contributed by atoms with Gasteiger partial charge in [-0.15, -0.1) is 0 Å². The van der Waals surface area contributed by atoms with Crippen LogP contribution in [0.25, 0.3) is 0 Å². The molecule has 6 nitrogen and oxygen atoms in total. The molecule has 0 radical (unpaired) electrons. The van der Waals surface area contributed by atoms with E-state index in [-0.39, 0.29) is 11.4 Å². The van der Waals surface area contributed by atoms with Crippen molar-refractivity contribution < 1.29 is 13.2 Å². The van der Waals surface area contributed by atoms with Crippen LogP contribution in [0, 0.1) is 0 Å². The number of sulfonamides is 1.